The Bertz CT molecular complexity index is 1020. The number of ketones is 1. The fourth-order valence-electron chi connectivity index (χ4n) is 3.98. The number of hydrogen-bond donors (Lipinski definition) is 0. The van der Waals surface area contributed by atoms with Crippen LogP contribution in [0.25, 0.3) is 0 Å². The maximum Gasteiger partial charge on any atom is 0.270 e. The summed E-state index contributed by atoms with van der Waals surface area (Å²) in [6.07, 6.45) is 0. The maximum absolute atomic E-state index is 13.1. The molecular formula is C23H20N2O3. The van der Waals surface area contributed by atoms with Crippen molar-refractivity contribution in [3.63, 3.8) is 0 Å². The van der Waals surface area contributed by atoms with E-state index in [0.717, 1.165) is 16.8 Å². The lowest BCUT2D eigenvalue weighted by atomic mass is 9.81. The van der Waals surface area contributed by atoms with E-state index in [9.17, 15) is 14.9 Å². The molecule has 1 aliphatic heterocycles. The number of fused-ring (bicyclic) bond motifs is 1. The fraction of sp³-hybridized carbons (Fsp3) is 0.174. The first-order valence-corrected chi connectivity index (χ1v) is 9.24. The summed E-state index contributed by atoms with van der Waals surface area (Å²) in [6.45, 7) is 2.52. The van der Waals surface area contributed by atoms with Crippen molar-refractivity contribution in [1.29, 1.82) is 0 Å². The predicted octanol–water partition coefficient (Wildman–Crippen LogP) is 5.18. The largest absolute Gasteiger partial charge is 0.359 e. The van der Waals surface area contributed by atoms with Gasteiger partial charge in [-0.15, -0.1) is 0 Å². The highest BCUT2D eigenvalue weighted by atomic mass is 16.6. The van der Waals surface area contributed by atoms with E-state index in [1.54, 1.807) is 6.07 Å². The molecule has 0 unspecified atom stereocenters. The van der Waals surface area contributed by atoms with Gasteiger partial charge < -0.3 is 4.90 Å². The smallest absolute Gasteiger partial charge is 0.270 e. The minimum atomic E-state index is -0.455. The average Bonchev–Trinajstić information content (AvgIpc) is 2.73. The SMILES string of the molecule is C[C@H]1C(=O)c2cc([N+](=O)[O-])ccc2N(Cc2ccccc2)[C@@H]1c1ccccc1. The standard InChI is InChI=1S/C23H20N2O3/c1-16-22(18-10-6-3-7-11-18)24(15-17-8-4-2-5-9-17)21-13-12-19(25(27)28)14-20(21)23(16)26/h2-14,16,22H,15H2,1H3/t16-,22+/m1/s1. The Hall–Kier alpha value is -3.47. The molecular weight excluding hydrogens is 352 g/mol. The average molecular weight is 372 g/mol. The molecule has 0 radical (unpaired) electrons. The van der Waals surface area contributed by atoms with Crippen molar-refractivity contribution in [2.75, 3.05) is 4.90 Å². The number of non-ortho nitro benzene ring substituents is 1. The number of Topliss-reactive ketones (excluding diaryl/α,β-unsaturated/α-hetero) is 1. The number of hydrogen-bond acceptors (Lipinski definition) is 4. The highest BCUT2D eigenvalue weighted by molar-refractivity contribution is 6.05. The first-order valence-electron chi connectivity index (χ1n) is 9.24. The van der Waals surface area contributed by atoms with Gasteiger partial charge in [0.05, 0.1) is 11.0 Å². The van der Waals surface area contributed by atoms with E-state index in [1.807, 2.05) is 67.6 Å². The summed E-state index contributed by atoms with van der Waals surface area (Å²) in [4.78, 5) is 26.1. The van der Waals surface area contributed by atoms with Crippen LogP contribution >= 0.6 is 0 Å². The van der Waals surface area contributed by atoms with Gasteiger partial charge in [-0.25, -0.2) is 0 Å². The highest BCUT2D eigenvalue weighted by Crippen LogP contribution is 2.43. The molecule has 1 heterocycles. The van der Waals surface area contributed by atoms with Crippen molar-refractivity contribution in [3.8, 4) is 0 Å². The summed E-state index contributed by atoms with van der Waals surface area (Å²) in [7, 11) is 0. The molecule has 140 valence electrons. The molecule has 5 nitrogen and oxygen atoms in total. The Morgan fingerprint density at radius 3 is 2.25 bits per heavy atom. The number of anilines is 1. The second kappa shape index (κ2) is 7.27. The summed E-state index contributed by atoms with van der Waals surface area (Å²) < 4.78 is 0. The molecule has 0 N–H and O–H groups in total. The summed E-state index contributed by atoms with van der Waals surface area (Å²) in [5.41, 5.74) is 3.28. The molecule has 28 heavy (non-hydrogen) atoms. The molecule has 2 atom stereocenters. The quantitative estimate of drug-likeness (QED) is 0.468. The van der Waals surface area contributed by atoms with E-state index in [0.29, 0.717) is 12.1 Å². The van der Waals surface area contributed by atoms with E-state index in [1.165, 1.54) is 12.1 Å². The second-order valence-corrected chi connectivity index (χ2v) is 7.08. The van der Waals surface area contributed by atoms with Gasteiger partial charge in [0, 0.05) is 35.8 Å². The third kappa shape index (κ3) is 3.16. The van der Waals surface area contributed by atoms with Crippen LogP contribution in [-0.2, 0) is 6.54 Å². The third-order valence-electron chi connectivity index (χ3n) is 5.33. The van der Waals surface area contributed by atoms with Gasteiger partial charge >= 0.3 is 0 Å². The van der Waals surface area contributed by atoms with E-state index in [4.69, 9.17) is 0 Å². The van der Waals surface area contributed by atoms with Crippen LogP contribution in [0.3, 0.4) is 0 Å². The maximum atomic E-state index is 13.1. The first kappa shape index (κ1) is 17.9. The van der Waals surface area contributed by atoms with Crippen molar-refractivity contribution < 1.29 is 9.72 Å². The summed E-state index contributed by atoms with van der Waals surface area (Å²) >= 11 is 0. The second-order valence-electron chi connectivity index (χ2n) is 7.08. The van der Waals surface area contributed by atoms with Crippen molar-refractivity contribution in [3.05, 3.63) is 106 Å². The summed E-state index contributed by atoms with van der Waals surface area (Å²) in [5, 5.41) is 11.2. The molecule has 0 spiro atoms. The van der Waals surface area contributed by atoms with Crippen LogP contribution in [-0.4, -0.2) is 10.7 Å². The van der Waals surface area contributed by atoms with Gasteiger partial charge in [0.2, 0.25) is 0 Å². The number of nitro benzene ring substituents is 1. The van der Waals surface area contributed by atoms with Crippen LogP contribution in [0.15, 0.2) is 78.9 Å². The molecule has 0 aliphatic carbocycles. The number of benzene rings is 3. The minimum Gasteiger partial charge on any atom is -0.359 e. The number of carbonyl (C=O) groups excluding carboxylic acids is 1. The van der Waals surface area contributed by atoms with E-state index in [2.05, 4.69) is 4.90 Å². The van der Waals surface area contributed by atoms with E-state index >= 15 is 0 Å². The molecule has 3 aromatic rings. The van der Waals surface area contributed by atoms with Crippen molar-refractivity contribution in [1.82, 2.24) is 0 Å². The van der Waals surface area contributed by atoms with Gasteiger partial charge in [0.1, 0.15) is 0 Å². The predicted molar refractivity (Wildman–Crippen MR) is 108 cm³/mol. The number of rotatable bonds is 4. The summed E-state index contributed by atoms with van der Waals surface area (Å²) in [6, 6.07) is 24.5. The zero-order valence-electron chi connectivity index (χ0n) is 15.5. The summed E-state index contributed by atoms with van der Waals surface area (Å²) in [5.74, 6) is -0.377. The van der Waals surface area contributed by atoms with Gasteiger partial charge in [-0.3, -0.25) is 14.9 Å². The Kier molecular flexibility index (Phi) is 4.65. The highest BCUT2D eigenvalue weighted by Gasteiger charge is 2.39. The molecule has 0 fully saturated rings. The Morgan fingerprint density at radius 2 is 1.61 bits per heavy atom. The minimum absolute atomic E-state index is 0.0582. The third-order valence-corrected chi connectivity index (χ3v) is 5.33. The van der Waals surface area contributed by atoms with Crippen LogP contribution in [0.2, 0.25) is 0 Å². The van der Waals surface area contributed by atoms with Crippen LogP contribution in [0, 0.1) is 16.0 Å². The van der Waals surface area contributed by atoms with Gasteiger partial charge in [0.15, 0.2) is 5.78 Å². The van der Waals surface area contributed by atoms with Gasteiger partial charge in [-0.2, -0.15) is 0 Å². The zero-order chi connectivity index (χ0) is 19.7. The topological polar surface area (TPSA) is 63.4 Å². The number of carbonyl (C=O) groups is 1. The van der Waals surface area contributed by atoms with Crippen LogP contribution < -0.4 is 4.90 Å². The van der Waals surface area contributed by atoms with Crippen LogP contribution in [0.1, 0.15) is 34.5 Å². The molecule has 5 heteroatoms. The van der Waals surface area contributed by atoms with Gasteiger partial charge in [0.25, 0.3) is 5.69 Å². The molecule has 0 saturated carbocycles. The van der Waals surface area contributed by atoms with Crippen LogP contribution in [0.4, 0.5) is 11.4 Å². The zero-order valence-corrected chi connectivity index (χ0v) is 15.5. The number of nitro groups is 1. The van der Waals surface area contributed by atoms with E-state index < -0.39 is 4.92 Å². The lowest BCUT2D eigenvalue weighted by Crippen LogP contribution is -2.40. The van der Waals surface area contributed by atoms with Crippen molar-refractivity contribution >= 4 is 17.2 Å². The Labute approximate surface area is 163 Å². The molecule has 0 aromatic heterocycles. The molecule has 0 amide bonds. The number of nitrogens with zero attached hydrogens (tertiary/aromatic N) is 2. The molecule has 3 aromatic carbocycles. The Balaban J connectivity index is 1.86. The Morgan fingerprint density at radius 1 is 0.964 bits per heavy atom. The van der Waals surface area contributed by atoms with Gasteiger partial charge in [-0.05, 0) is 17.2 Å². The molecule has 0 bridgehead atoms. The monoisotopic (exact) mass is 372 g/mol. The molecule has 4 rings (SSSR count). The fourth-order valence-corrected chi connectivity index (χ4v) is 3.98. The lowest BCUT2D eigenvalue weighted by Gasteiger charge is -2.42. The lowest BCUT2D eigenvalue weighted by molar-refractivity contribution is -0.384. The van der Waals surface area contributed by atoms with E-state index in [-0.39, 0.29) is 23.4 Å². The first-order chi connectivity index (χ1) is 13.6. The van der Waals surface area contributed by atoms with Crippen molar-refractivity contribution in [2.24, 2.45) is 5.92 Å². The van der Waals surface area contributed by atoms with Crippen LogP contribution in [0.5, 0.6) is 0 Å². The van der Waals surface area contributed by atoms with Gasteiger partial charge in [-0.1, -0.05) is 67.6 Å². The molecule has 0 saturated heterocycles. The normalized spacial score (nSPS) is 18.6. The van der Waals surface area contributed by atoms with Crippen molar-refractivity contribution in [2.45, 2.75) is 19.5 Å². The molecule has 1 aliphatic rings.